The van der Waals surface area contributed by atoms with Crippen molar-refractivity contribution in [2.24, 2.45) is 0 Å². The van der Waals surface area contributed by atoms with Crippen molar-refractivity contribution in [1.82, 2.24) is 15.5 Å². The lowest BCUT2D eigenvalue weighted by Crippen LogP contribution is -2.13. The van der Waals surface area contributed by atoms with Crippen LogP contribution in [0, 0.1) is 0 Å². The van der Waals surface area contributed by atoms with Gasteiger partial charge in [0.05, 0.1) is 18.0 Å². The standard InChI is InChI=1S/C13H14N4O/c1-14-8-10-3-2-4-12(7-10)17-13(18)11-5-6-15-16-9-11/h2-7,9,14H,8H2,1H3,(H,17,18). The monoisotopic (exact) mass is 242 g/mol. The molecular weight excluding hydrogens is 228 g/mol. The molecule has 0 unspecified atom stereocenters. The van der Waals surface area contributed by atoms with Crippen LogP contribution in [0.25, 0.3) is 0 Å². The summed E-state index contributed by atoms with van der Waals surface area (Å²) >= 11 is 0. The van der Waals surface area contributed by atoms with Gasteiger partial charge in [-0.3, -0.25) is 4.79 Å². The summed E-state index contributed by atoms with van der Waals surface area (Å²) in [6.45, 7) is 0.764. The molecule has 0 atom stereocenters. The van der Waals surface area contributed by atoms with Crippen molar-refractivity contribution in [1.29, 1.82) is 0 Å². The maximum absolute atomic E-state index is 11.9. The highest BCUT2D eigenvalue weighted by Crippen LogP contribution is 2.11. The summed E-state index contributed by atoms with van der Waals surface area (Å²) in [6.07, 6.45) is 2.93. The Morgan fingerprint density at radius 2 is 2.17 bits per heavy atom. The number of nitrogens with zero attached hydrogens (tertiary/aromatic N) is 2. The number of hydrogen-bond acceptors (Lipinski definition) is 4. The molecule has 1 aromatic carbocycles. The molecule has 18 heavy (non-hydrogen) atoms. The van der Waals surface area contributed by atoms with Gasteiger partial charge in [0, 0.05) is 12.2 Å². The van der Waals surface area contributed by atoms with Crippen LogP contribution >= 0.6 is 0 Å². The van der Waals surface area contributed by atoms with Crippen LogP contribution in [-0.4, -0.2) is 23.2 Å². The topological polar surface area (TPSA) is 66.9 Å². The number of aromatic nitrogens is 2. The van der Waals surface area contributed by atoms with E-state index in [1.165, 1.54) is 12.4 Å². The number of hydrogen-bond donors (Lipinski definition) is 2. The van der Waals surface area contributed by atoms with Crippen LogP contribution in [0.3, 0.4) is 0 Å². The van der Waals surface area contributed by atoms with Crippen molar-refractivity contribution in [2.75, 3.05) is 12.4 Å². The molecule has 2 aromatic rings. The molecular formula is C13H14N4O. The van der Waals surface area contributed by atoms with E-state index in [0.29, 0.717) is 5.56 Å². The van der Waals surface area contributed by atoms with Crippen LogP contribution < -0.4 is 10.6 Å². The second-order valence-electron chi connectivity index (χ2n) is 3.82. The Balaban J connectivity index is 2.10. The van der Waals surface area contributed by atoms with Gasteiger partial charge in [-0.1, -0.05) is 12.1 Å². The first kappa shape index (κ1) is 12.2. The van der Waals surface area contributed by atoms with Gasteiger partial charge in [-0.05, 0) is 30.8 Å². The Bertz CT molecular complexity index is 528. The number of benzene rings is 1. The van der Waals surface area contributed by atoms with E-state index in [-0.39, 0.29) is 5.91 Å². The zero-order valence-electron chi connectivity index (χ0n) is 10.1. The molecule has 1 aromatic heterocycles. The predicted octanol–water partition coefficient (Wildman–Crippen LogP) is 1.45. The second kappa shape index (κ2) is 5.88. The Morgan fingerprint density at radius 1 is 1.28 bits per heavy atom. The van der Waals surface area contributed by atoms with Gasteiger partial charge in [0.25, 0.3) is 5.91 Å². The summed E-state index contributed by atoms with van der Waals surface area (Å²) in [5.41, 5.74) is 2.37. The molecule has 0 saturated heterocycles. The smallest absolute Gasteiger partial charge is 0.257 e. The number of rotatable bonds is 4. The molecule has 92 valence electrons. The van der Waals surface area contributed by atoms with Crippen LogP contribution in [0.15, 0.2) is 42.7 Å². The summed E-state index contributed by atoms with van der Waals surface area (Å²) < 4.78 is 0. The van der Waals surface area contributed by atoms with E-state index in [4.69, 9.17) is 0 Å². The predicted molar refractivity (Wildman–Crippen MR) is 69.2 cm³/mol. The zero-order chi connectivity index (χ0) is 12.8. The SMILES string of the molecule is CNCc1cccc(NC(=O)c2ccnnc2)c1. The molecule has 1 heterocycles. The van der Waals surface area contributed by atoms with Crippen LogP contribution in [0.2, 0.25) is 0 Å². The molecule has 0 spiro atoms. The fraction of sp³-hybridized carbons (Fsp3) is 0.154. The quantitative estimate of drug-likeness (QED) is 0.851. The van der Waals surface area contributed by atoms with Gasteiger partial charge in [-0.25, -0.2) is 0 Å². The average molecular weight is 242 g/mol. The van der Waals surface area contributed by atoms with E-state index < -0.39 is 0 Å². The van der Waals surface area contributed by atoms with Crippen LogP contribution in [-0.2, 0) is 6.54 Å². The van der Waals surface area contributed by atoms with Gasteiger partial charge in [0.1, 0.15) is 0 Å². The minimum atomic E-state index is -0.188. The maximum atomic E-state index is 11.9. The highest BCUT2D eigenvalue weighted by Gasteiger charge is 2.05. The molecule has 0 fully saturated rings. The van der Waals surface area contributed by atoms with Gasteiger partial charge in [-0.2, -0.15) is 10.2 Å². The number of nitrogens with one attached hydrogen (secondary N) is 2. The van der Waals surface area contributed by atoms with E-state index in [2.05, 4.69) is 20.8 Å². The van der Waals surface area contributed by atoms with Crippen molar-refractivity contribution < 1.29 is 4.79 Å². The molecule has 0 aliphatic rings. The first-order valence-corrected chi connectivity index (χ1v) is 5.61. The molecule has 2 N–H and O–H groups in total. The van der Waals surface area contributed by atoms with E-state index in [0.717, 1.165) is 17.8 Å². The third-order valence-electron chi connectivity index (χ3n) is 2.41. The van der Waals surface area contributed by atoms with Crippen LogP contribution in [0.1, 0.15) is 15.9 Å². The minimum absolute atomic E-state index is 0.188. The zero-order valence-corrected chi connectivity index (χ0v) is 10.1. The highest BCUT2D eigenvalue weighted by atomic mass is 16.1. The first-order valence-electron chi connectivity index (χ1n) is 5.61. The van der Waals surface area contributed by atoms with Crippen LogP contribution in [0.4, 0.5) is 5.69 Å². The van der Waals surface area contributed by atoms with Crippen molar-refractivity contribution in [2.45, 2.75) is 6.54 Å². The summed E-state index contributed by atoms with van der Waals surface area (Å²) in [6, 6.07) is 9.32. The number of carbonyl (C=O) groups excluding carboxylic acids is 1. The lowest BCUT2D eigenvalue weighted by molar-refractivity contribution is 0.102. The van der Waals surface area contributed by atoms with Gasteiger partial charge in [-0.15, -0.1) is 0 Å². The lowest BCUT2D eigenvalue weighted by Gasteiger charge is -2.07. The third-order valence-corrected chi connectivity index (χ3v) is 2.41. The summed E-state index contributed by atoms with van der Waals surface area (Å²) in [7, 11) is 1.88. The lowest BCUT2D eigenvalue weighted by atomic mass is 10.2. The van der Waals surface area contributed by atoms with Crippen molar-refractivity contribution in [3.05, 3.63) is 53.9 Å². The van der Waals surface area contributed by atoms with E-state index in [1.54, 1.807) is 6.07 Å². The second-order valence-corrected chi connectivity index (χ2v) is 3.82. The van der Waals surface area contributed by atoms with E-state index >= 15 is 0 Å². The molecule has 1 amide bonds. The van der Waals surface area contributed by atoms with Crippen LogP contribution in [0.5, 0.6) is 0 Å². The molecule has 0 bridgehead atoms. The largest absolute Gasteiger partial charge is 0.322 e. The van der Waals surface area contributed by atoms with E-state index in [9.17, 15) is 4.79 Å². The normalized spacial score (nSPS) is 10.1. The summed E-state index contributed by atoms with van der Waals surface area (Å²) in [5.74, 6) is -0.188. The molecule has 5 heteroatoms. The first-order chi connectivity index (χ1) is 8.79. The Labute approximate surface area is 105 Å². The van der Waals surface area contributed by atoms with Crippen molar-refractivity contribution in [3.63, 3.8) is 0 Å². The Hall–Kier alpha value is -2.27. The highest BCUT2D eigenvalue weighted by molar-refractivity contribution is 6.03. The average Bonchev–Trinajstić information content (AvgIpc) is 2.40. The maximum Gasteiger partial charge on any atom is 0.257 e. The summed E-state index contributed by atoms with van der Waals surface area (Å²) in [5, 5.41) is 13.2. The van der Waals surface area contributed by atoms with Gasteiger partial charge >= 0.3 is 0 Å². The Morgan fingerprint density at radius 3 is 2.89 bits per heavy atom. The van der Waals surface area contributed by atoms with Gasteiger partial charge < -0.3 is 10.6 Å². The third kappa shape index (κ3) is 3.11. The summed E-state index contributed by atoms with van der Waals surface area (Å²) in [4.78, 5) is 11.9. The van der Waals surface area contributed by atoms with Gasteiger partial charge in [0.2, 0.25) is 0 Å². The Kier molecular flexibility index (Phi) is 3.98. The number of anilines is 1. The molecule has 0 radical (unpaired) electrons. The molecule has 0 aliphatic heterocycles. The van der Waals surface area contributed by atoms with Gasteiger partial charge in [0.15, 0.2) is 0 Å². The number of carbonyl (C=O) groups is 1. The number of amides is 1. The molecule has 0 saturated carbocycles. The molecule has 2 rings (SSSR count). The van der Waals surface area contributed by atoms with E-state index in [1.807, 2.05) is 31.3 Å². The van der Waals surface area contributed by atoms with Crippen molar-refractivity contribution in [3.8, 4) is 0 Å². The fourth-order valence-electron chi connectivity index (χ4n) is 1.59. The van der Waals surface area contributed by atoms with Crippen molar-refractivity contribution >= 4 is 11.6 Å². The molecule has 5 nitrogen and oxygen atoms in total. The molecule has 0 aliphatic carbocycles. The minimum Gasteiger partial charge on any atom is -0.322 e. The fourth-order valence-corrected chi connectivity index (χ4v) is 1.59.